The molecule has 0 bridgehead atoms. The molecule has 3 nitrogen and oxygen atoms in total. The van der Waals surface area contributed by atoms with Gasteiger partial charge in [-0.1, -0.05) is 88.6 Å². The summed E-state index contributed by atoms with van der Waals surface area (Å²) in [5.74, 6) is 0. The number of rotatable bonds is 16. The van der Waals surface area contributed by atoms with Crippen LogP contribution in [0, 0.1) is 0 Å². The van der Waals surface area contributed by atoms with Gasteiger partial charge in [0, 0.05) is 19.6 Å². The van der Waals surface area contributed by atoms with Gasteiger partial charge in [-0.3, -0.25) is 0 Å². The molecule has 1 rings (SSSR count). The van der Waals surface area contributed by atoms with E-state index < -0.39 is 6.10 Å². The summed E-state index contributed by atoms with van der Waals surface area (Å²) in [6, 6.07) is 9.83. The summed E-state index contributed by atoms with van der Waals surface area (Å²) in [6.07, 6.45) is 12.0. The van der Waals surface area contributed by atoms with Crippen molar-refractivity contribution in [3.8, 4) is 0 Å². The molecule has 0 aliphatic rings. The predicted octanol–water partition coefficient (Wildman–Crippen LogP) is 4.43. The number of benzene rings is 1. The number of nitrogens with one attached hydrogen (secondary N) is 2. The molecule has 1 aromatic rings. The summed E-state index contributed by atoms with van der Waals surface area (Å²) in [5, 5.41) is 16.8. The van der Waals surface area contributed by atoms with E-state index in [1.165, 1.54) is 57.8 Å². The van der Waals surface area contributed by atoms with E-state index in [1.54, 1.807) is 0 Å². The quantitative estimate of drug-likeness (QED) is 0.392. The molecule has 3 N–H and O–H groups in total. The zero-order valence-corrected chi connectivity index (χ0v) is 15.6. The SMILES string of the molecule is CCCCCCCCCCCNCCNCC(O)c1ccccc1. The van der Waals surface area contributed by atoms with Gasteiger partial charge in [0.15, 0.2) is 0 Å². The van der Waals surface area contributed by atoms with E-state index in [1.807, 2.05) is 30.3 Å². The largest absolute Gasteiger partial charge is 0.387 e. The van der Waals surface area contributed by atoms with Crippen molar-refractivity contribution in [1.82, 2.24) is 10.6 Å². The van der Waals surface area contributed by atoms with Gasteiger partial charge < -0.3 is 15.7 Å². The van der Waals surface area contributed by atoms with E-state index in [4.69, 9.17) is 0 Å². The second-order valence-electron chi connectivity index (χ2n) is 6.71. The summed E-state index contributed by atoms with van der Waals surface area (Å²) in [7, 11) is 0. The zero-order valence-electron chi connectivity index (χ0n) is 15.6. The summed E-state index contributed by atoms with van der Waals surface area (Å²) in [6.45, 7) is 5.87. The fourth-order valence-electron chi connectivity index (χ4n) is 2.89. The average molecular weight is 335 g/mol. The van der Waals surface area contributed by atoms with Crippen molar-refractivity contribution in [2.75, 3.05) is 26.2 Å². The lowest BCUT2D eigenvalue weighted by Crippen LogP contribution is -2.30. The molecule has 0 saturated carbocycles. The molecule has 3 heteroatoms. The minimum absolute atomic E-state index is 0.413. The molecule has 0 heterocycles. The molecule has 0 aliphatic heterocycles. The topological polar surface area (TPSA) is 44.3 Å². The van der Waals surface area contributed by atoms with E-state index in [0.29, 0.717) is 6.54 Å². The highest BCUT2D eigenvalue weighted by Crippen LogP contribution is 2.10. The maximum Gasteiger partial charge on any atom is 0.0914 e. The highest BCUT2D eigenvalue weighted by atomic mass is 16.3. The Morgan fingerprint density at radius 2 is 1.33 bits per heavy atom. The van der Waals surface area contributed by atoms with Crippen LogP contribution in [-0.2, 0) is 0 Å². The standard InChI is InChI=1S/C21H38N2O/c1-2-3-4-5-6-7-8-9-13-16-22-17-18-23-19-21(24)20-14-11-10-12-15-20/h10-12,14-15,21-24H,2-9,13,16-19H2,1H3. The summed E-state index contributed by atoms with van der Waals surface area (Å²) in [5.41, 5.74) is 0.979. The van der Waals surface area contributed by atoms with Gasteiger partial charge in [0.05, 0.1) is 6.10 Å². The molecular formula is C21H38N2O. The van der Waals surface area contributed by atoms with Crippen molar-refractivity contribution in [1.29, 1.82) is 0 Å². The first-order chi connectivity index (χ1) is 11.8. The van der Waals surface area contributed by atoms with Crippen molar-refractivity contribution in [2.45, 2.75) is 70.8 Å². The molecule has 1 aromatic carbocycles. The molecule has 1 unspecified atom stereocenters. The van der Waals surface area contributed by atoms with Gasteiger partial charge in [0.1, 0.15) is 0 Å². The molecule has 0 aromatic heterocycles. The van der Waals surface area contributed by atoms with Gasteiger partial charge in [-0.05, 0) is 18.5 Å². The Kier molecular flexibility index (Phi) is 13.8. The van der Waals surface area contributed by atoms with Crippen LogP contribution in [0.2, 0.25) is 0 Å². The fourth-order valence-corrected chi connectivity index (χ4v) is 2.89. The van der Waals surface area contributed by atoms with Crippen molar-refractivity contribution in [3.63, 3.8) is 0 Å². The maximum atomic E-state index is 10.0. The van der Waals surface area contributed by atoms with Crippen LogP contribution in [0.4, 0.5) is 0 Å². The first kappa shape index (κ1) is 21.1. The minimum Gasteiger partial charge on any atom is -0.387 e. The Hall–Kier alpha value is -0.900. The number of unbranched alkanes of at least 4 members (excludes halogenated alkanes) is 8. The first-order valence-electron chi connectivity index (χ1n) is 9.99. The Labute approximate surface area is 149 Å². The van der Waals surface area contributed by atoms with Crippen LogP contribution in [0.25, 0.3) is 0 Å². The summed E-state index contributed by atoms with van der Waals surface area (Å²) >= 11 is 0. The van der Waals surface area contributed by atoms with Crippen LogP contribution in [0.5, 0.6) is 0 Å². The number of hydrogen-bond donors (Lipinski definition) is 3. The van der Waals surface area contributed by atoms with Crippen LogP contribution in [0.1, 0.15) is 76.4 Å². The molecule has 0 amide bonds. The highest BCUT2D eigenvalue weighted by molar-refractivity contribution is 5.17. The smallest absolute Gasteiger partial charge is 0.0914 e. The third kappa shape index (κ3) is 11.6. The van der Waals surface area contributed by atoms with Crippen molar-refractivity contribution >= 4 is 0 Å². The van der Waals surface area contributed by atoms with Crippen LogP contribution < -0.4 is 10.6 Å². The third-order valence-corrected chi connectivity index (χ3v) is 4.46. The normalized spacial score (nSPS) is 12.4. The van der Waals surface area contributed by atoms with Gasteiger partial charge in [0.2, 0.25) is 0 Å². The Bertz CT molecular complexity index is 369. The minimum atomic E-state index is -0.413. The molecule has 0 spiro atoms. The van der Waals surface area contributed by atoms with Crippen LogP contribution in [0.15, 0.2) is 30.3 Å². The van der Waals surface area contributed by atoms with E-state index >= 15 is 0 Å². The van der Waals surface area contributed by atoms with E-state index in [9.17, 15) is 5.11 Å². The molecule has 1 atom stereocenters. The third-order valence-electron chi connectivity index (χ3n) is 4.46. The lowest BCUT2D eigenvalue weighted by Gasteiger charge is -2.12. The zero-order chi connectivity index (χ0) is 17.3. The Balaban J connectivity index is 1.79. The van der Waals surface area contributed by atoms with Gasteiger partial charge in [0.25, 0.3) is 0 Å². The number of aliphatic hydroxyl groups excluding tert-OH is 1. The second-order valence-corrected chi connectivity index (χ2v) is 6.71. The lowest BCUT2D eigenvalue weighted by atomic mass is 10.1. The van der Waals surface area contributed by atoms with E-state index in [-0.39, 0.29) is 0 Å². The highest BCUT2D eigenvalue weighted by Gasteiger charge is 2.04. The van der Waals surface area contributed by atoms with Crippen molar-refractivity contribution < 1.29 is 5.11 Å². The fraction of sp³-hybridized carbons (Fsp3) is 0.714. The first-order valence-corrected chi connectivity index (χ1v) is 9.99. The van der Waals surface area contributed by atoms with Gasteiger partial charge in [-0.25, -0.2) is 0 Å². The maximum absolute atomic E-state index is 10.0. The molecule has 138 valence electrons. The van der Waals surface area contributed by atoms with Gasteiger partial charge in [-0.15, -0.1) is 0 Å². The molecular weight excluding hydrogens is 296 g/mol. The number of aliphatic hydroxyl groups is 1. The molecule has 0 saturated heterocycles. The second kappa shape index (κ2) is 15.6. The van der Waals surface area contributed by atoms with E-state index in [2.05, 4.69) is 17.6 Å². The summed E-state index contributed by atoms with van der Waals surface area (Å²) < 4.78 is 0. The molecule has 0 aliphatic carbocycles. The lowest BCUT2D eigenvalue weighted by molar-refractivity contribution is 0.175. The van der Waals surface area contributed by atoms with Crippen LogP contribution in [-0.4, -0.2) is 31.3 Å². The van der Waals surface area contributed by atoms with Crippen molar-refractivity contribution in [2.24, 2.45) is 0 Å². The van der Waals surface area contributed by atoms with Crippen LogP contribution in [0.3, 0.4) is 0 Å². The molecule has 0 radical (unpaired) electrons. The van der Waals surface area contributed by atoms with Gasteiger partial charge in [-0.2, -0.15) is 0 Å². The van der Waals surface area contributed by atoms with E-state index in [0.717, 1.165) is 25.2 Å². The summed E-state index contributed by atoms with van der Waals surface area (Å²) in [4.78, 5) is 0. The monoisotopic (exact) mass is 334 g/mol. The van der Waals surface area contributed by atoms with Crippen molar-refractivity contribution in [3.05, 3.63) is 35.9 Å². The number of hydrogen-bond acceptors (Lipinski definition) is 3. The van der Waals surface area contributed by atoms with Crippen LogP contribution >= 0.6 is 0 Å². The molecule has 0 fully saturated rings. The Morgan fingerprint density at radius 3 is 2.00 bits per heavy atom. The van der Waals surface area contributed by atoms with Gasteiger partial charge >= 0.3 is 0 Å². The Morgan fingerprint density at radius 1 is 0.750 bits per heavy atom. The average Bonchev–Trinajstić information content (AvgIpc) is 2.62. The predicted molar refractivity (Wildman–Crippen MR) is 104 cm³/mol. The molecule has 24 heavy (non-hydrogen) atoms.